The summed E-state index contributed by atoms with van der Waals surface area (Å²) in [5.74, 6) is 0. The minimum Gasteiger partial charge on any atom is -0.372 e. The number of fused-ring (bicyclic) bond motifs is 3. The number of aryl methyl sites for hydroxylation is 1. The van der Waals surface area contributed by atoms with Crippen molar-refractivity contribution in [2.24, 2.45) is 4.99 Å². The fraction of sp³-hybridized carbons (Fsp3) is 0.226. The molecule has 0 fully saturated rings. The van der Waals surface area contributed by atoms with E-state index in [0.29, 0.717) is 4.53 Å². The molecule has 1 aromatic heterocycles. The molecule has 186 valence electrons. The topological polar surface area (TPSA) is 37.6 Å². The van der Waals surface area contributed by atoms with Gasteiger partial charge in [-0.15, -0.1) is 0 Å². The zero-order valence-electron chi connectivity index (χ0n) is 20.9. The molecule has 0 saturated carbocycles. The van der Waals surface area contributed by atoms with Crippen LogP contribution >= 0.6 is 27.3 Å². The molecule has 4 aromatic rings. The second-order valence-electron chi connectivity index (χ2n) is 9.43. The highest BCUT2D eigenvalue weighted by atomic mass is 79.9. The van der Waals surface area contributed by atoms with Crippen LogP contribution in [-0.4, -0.2) is 17.7 Å². The van der Waals surface area contributed by atoms with Gasteiger partial charge in [0.05, 0.1) is 16.3 Å². The highest BCUT2D eigenvalue weighted by molar-refractivity contribution is 9.10. The summed E-state index contributed by atoms with van der Waals surface area (Å²) in [6.07, 6.45) is 3.86. The molecule has 4 nitrogen and oxygen atoms in total. The molecular weight excluding hydrogens is 542 g/mol. The lowest BCUT2D eigenvalue weighted by Crippen LogP contribution is -2.38. The van der Waals surface area contributed by atoms with E-state index in [1.54, 1.807) is 0 Å². The predicted octanol–water partition coefficient (Wildman–Crippen LogP) is 5.93. The number of hydrogen-bond acceptors (Lipinski definition) is 4. The number of rotatable bonds is 5. The maximum absolute atomic E-state index is 13.9. The molecule has 0 N–H and O–H groups in total. The van der Waals surface area contributed by atoms with Crippen LogP contribution in [0.5, 0.6) is 0 Å². The number of nitrogens with zero attached hydrogens (tertiary/aromatic N) is 3. The van der Waals surface area contributed by atoms with Crippen LogP contribution in [0.2, 0.25) is 0 Å². The average Bonchev–Trinajstić information content (AvgIpc) is 3.24. The molecule has 0 bridgehead atoms. The molecule has 6 heteroatoms. The van der Waals surface area contributed by atoms with Crippen molar-refractivity contribution in [3.63, 3.8) is 0 Å². The Balaban J connectivity index is 1.52. The van der Waals surface area contributed by atoms with Crippen LogP contribution < -0.4 is 19.8 Å². The zero-order valence-corrected chi connectivity index (χ0v) is 23.3. The van der Waals surface area contributed by atoms with Gasteiger partial charge < -0.3 is 4.90 Å². The largest absolute Gasteiger partial charge is 0.372 e. The highest BCUT2D eigenvalue weighted by Crippen LogP contribution is 2.41. The predicted molar refractivity (Wildman–Crippen MR) is 157 cm³/mol. The molecular formula is C31H28BrN3OS. The fourth-order valence-corrected chi connectivity index (χ4v) is 6.75. The van der Waals surface area contributed by atoms with Crippen molar-refractivity contribution in [2.45, 2.75) is 32.7 Å². The minimum absolute atomic E-state index is 0.0231. The Labute approximate surface area is 229 Å². The van der Waals surface area contributed by atoms with Gasteiger partial charge in [0, 0.05) is 28.8 Å². The number of halogens is 1. The number of anilines is 1. The maximum Gasteiger partial charge on any atom is 0.271 e. The second-order valence-corrected chi connectivity index (χ2v) is 11.4. The molecule has 2 aliphatic rings. The third kappa shape index (κ3) is 4.32. The first-order chi connectivity index (χ1) is 18.1. The molecule has 0 radical (unpaired) electrons. The van der Waals surface area contributed by atoms with Crippen LogP contribution in [0.15, 0.2) is 92.6 Å². The standard InChI is InChI=1S/C31H28BrN3OS/c1-3-34(4-2)24-16-9-20(10-17-24)19-27-30(36)35-29(22-11-14-23(32)15-12-22)26-18-13-21-7-5-6-8-25(21)28(26)33-31(35)37-27/h5-12,14-17,19,29H,3-4,13,18H2,1-2H3/b27-19-/t29-/m0/s1. The van der Waals surface area contributed by atoms with E-state index in [0.717, 1.165) is 52.0 Å². The van der Waals surface area contributed by atoms with Gasteiger partial charge in [-0.2, -0.15) is 0 Å². The molecule has 0 saturated heterocycles. The third-order valence-electron chi connectivity index (χ3n) is 7.38. The molecule has 0 unspecified atom stereocenters. The van der Waals surface area contributed by atoms with Crippen molar-refractivity contribution in [1.82, 2.24) is 4.57 Å². The molecule has 37 heavy (non-hydrogen) atoms. The molecule has 1 aliphatic carbocycles. The summed E-state index contributed by atoms with van der Waals surface area (Å²) in [5.41, 5.74) is 8.13. The van der Waals surface area contributed by atoms with Gasteiger partial charge in [0.2, 0.25) is 0 Å². The fourth-order valence-electron chi connectivity index (χ4n) is 5.49. The minimum atomic E-state index is -0.153. The Kier molecular flexibility index (Phi) is 6.47. The lowest BCUT2D eigenvalue weighted by molar-refractivity contribution is 0.585. The SMILES string of the molecule is CCN(CC)c1ccc(/C=c2\sc3n(c2=O)[C@@H](c2ccc(Br)cc2)C2=C(N=3)c3ccccc3CC2)cc1. The van der Waals surface area contributed by atoms with Crippen LogP contribution in [0.4, 0.5) is 5.69 Å². The molecule has 1 atom stereocenters. The van der Waals surface area contributed by atoms with Crippen molar-refractivity contribution < 1.29 is 0 Å². The van der Waals surface area contributed by atoms with E-state index < -0.39 is 0 Å². The van der Waals surface area contributed by atoms with Crippen LogP contribution in [-0.2, 0) is 6.42 Å². The van der Waals surface area contributed by atoms with Crippen LogP contribution in [0, 0.1) is 0 Å². The molecule has 1 aliphatic heterocycles. The smallest absolute Gasteiger partial charge is 0.271 e. The summed E-state index contributed by atoms with van der Waals surface area (Å²) in [4.78, 5) is 22.1. The van der Waals surface area contributed by atoms with E-state index in [2.05, 4.69) is 107 Å². The number of aromatic nitrogens is 1. The van der Waals surface area contributed by atoms with Crippen LogP contribution in [0.1, 0.15) is 48.6 Å². The number of thiazole rings is 1. The summed E-state index contributed by atoms with van der Waals surface area (Å²) >= 11 is 5.05. The normalized spacial score (nSPS) is 16.6. The van der Waals surface area contributed by atoms with E-state index in [1.807, 2.05) is 10.6 Å². The summed E-state index contributed by atoms with van der Waals surface area (Å²) in [6.45, 7) is 6.27. The summed E-state index contributed by atoms with van der Waals surface area (Å²) in [5, 5.41) is 0. The molecule has 6 rings (SSSR count). The first-order valence-corrected chi connectivity index (χ1v) is 14.4. The zero-order chi connectivity index (χ0) is 25.5. The molecule has 0 spiro atoms. The molecule has 3 aromatic carbocycles. The summed E-state index contributed by atoms with van der Waals surface area (Å²) in [6, 6.07) is 25.2. The molecule has 0 amide bonds. The number of benzene rings is 3. The second kappa shape index (κ2) is 9.92. The maximum atomic E-state index is 13.9. The lowest BCUT2D eigenvalue weighted by atomic mass is 9.83. The number of hydrogen-bond donors (Lipinski definition) is 0. The van der Waals surface area contributed by atoms with Gasteiger partial charge in [0.25, 0.3) is 5.56 Å². The van der Waals surface area contributed by atoms with E-state index in [1.165, 1.54) is 33.7 Å². The number of allylic oxidation sites excluding steroid dienone is 1. The van der Waals surface area contributed by atoms with Crippen molar-refractivity contribution in [3.05, 3.63) is 125 Å². The summed E-state index contributed by atoms with van der Waals surface area (Å²) in [7, 11) is 0. The third-order valence-corrected chi connectivity index (χ3v) is 8.89. The van der Waals surface area contributed by atoms with Crippen molar-refractivity contribution >= 4 is 44.7 Å². The quantitative estimate of drug-likeness (QED) is 0.299. The van der Waals surface area contributed by atoms with Gasteiger partial charge in [0.1, 0.15) is 0 Å². The van der Waals surface area contributed by atoms with Gasteiger partial charge >= 0.3 is 0 Å². The van der Waals surface area contributed by atoms with E-state index >= 15 is 0 Å². The van der Waals surface area contributed by atoms with Gasteiger partial charge in [-0.05, 0) is 79.3 Å². The average molecular weight is 571 g/mol. The lowest BCUT2D eigenvalue weighted by Gasteiger charge is -2.30. The monoisotopic (exact) mass is 569 g/mol. The van der Waals surface area contributed by atoms with Gasteiger partial charge in [-0.1, -0.05) is 75.8 Å². The van der Waals surface area contributed by atoms with Gasteiger partial charge in [-0.3, -0.25) is 9.36 Å². The van der Waals surface area contributed by atoms with E-state index in [9.17, 15) is 4.79 Å². The van der Waals surface area contributed by atoms with Crippen molar-refractivity contribution in [1.29, 1.82) is 0 Å². The van der Waals surface area contributed by atoms with Crippen LogP contribution in [0.25, 0.3) is 11.8 Å². The highest BCUT2D eigenvalue weighted by Gasteiger charge is 2.32. The first-order valence-electron chi connectivity index (χ1n) is 12.8. The Hall–Kier alpha value is -3.22. The van der Waals surface area contributed by atoms with Gasteiger partial charge in [0.15, 0.2) is 4.80 Å². The van der Waals surface area contributed by atoms with Crippen molar-refractivity contribution in [2.75, 3.05) is 18.0 Å². The van der Waals surface area contributed by atoms with Gasteiger partial charge in [-0.25, -0.2) is 4.99 Å². The Morgan fingerprint density at radius 1 is 1.00 bits per heavy atom. The van der Waals surface area contributed by atoms with E-state index in [4.69, 9.17) is 4.99 Å². The van der Waals surface area contributed by atoms with Crippen LogP contribution in [0.3, 0.4) is 0 Å². The Morgan fingerprint density at radius 3 is 2.46 bits per heavy atom. The summed E-state index contributed by atoms with van der Waals surface area (Å²) < 4.78 is 3.65. The Bertz CT molecular complexity index is 1680. The van der Waals surface area contributed by atoms with E-state index in [-0.39, 0.29) is 11.6 Å². The molecule has 2 heterocycles. The Morgan fingerprint density at radius 2 is 1.73 bits per heavy atom. The first kappa shape index (κ1) is 24.1. The van der Waals surface area contributed by atoms with Crippen molar-refractivity contribution in [3.8, 4) is 0 Å².